The molecule has 2 rings (SSSR count). The van der Waals surface area contributed by atoms with Crippen LogP contribution in [0.5, 0.6) is 5.75 Å². The highest BCUT2D eigenvalue weighted by molar-refractivity contribution is 7.89. The zero-order valence-electron chi connectivity index (χ0n) is 17.5. The predicted octanol–water partition coefficient (Wildman–Crippen LogP) is 2.35. The summed E-state index contributed by atoms with van der Waals surface area (Å²) in [7, 11) is -1.88. The van der Waals surface area contributed by atoms with Crippen LogP contribution in [-0.4, -0.2) is 41.1 Å². The van der Waals surface area contributed by atoms with Crippen LogP contribution in [0, 0.1) is 13.8 Å². The Labute approximate surface area is 173 Å². The van der Waals surface area contributed by atoms with Crippen molar-refractivity contribution in [1.82, 2.24) is 15.4 Å². The molecule has 0 unspecified atom stereocenters. The van der Waals surface area contributed by atoms with Gasteiger partial charge in [-0.25, -0.2) is 18.1 Å². The second-order valence-electron chi connectivity index (χ2n) is 6.65. The fraction of sp³-hybridized carbons (Fsp3) is 0.381. The number of rotatable bonds is 9. The van der Waals surface area contributed by atoms with E-state index < -0.39 is 10.0 Å². The Hall–Kier alpha value is -2.58. The fourth-order valence-electron chi connectivity index (χ4n) is 2.66. The Morgan fingerprint density at radius 3 is 2.34 bits per heavy atom. The SMILES string of the molecule is CCNC(=NCc1ccc(C)cc1OC)NCCNS(=O)(=O)c1ccc(C)cc1. The summed E-state index contributed by atoms with van der Waals surface area (Å²) in [6, 6.07) is 12.8. The molecule has 7 nitrogen and oxygen atoms in total. The minimum Gasteiger partial charge on any atom is -0.496 e. The molecule has 0 bridgehead atoms. The van der Waals surface area contributed by atoms with Gasteiger partial charge in [0.2, 0.25) is 10.0 Å². The first kappa shape index (κ1) is 22.7. The molecule has 0 aromatic heterocycles. The van der Waals surface area contributed by atoms with Crippen LogP contribution in [0.1, 0.15) is 23.6 Å². The number of aliphatic imine (C=N–C) groups is 1. The standard InChI is InChI=1S/C21H30N4O3S/c1-5-22-21(24-15-18-9-6-17(3)14-20(18)28-4)23-12-13-25-29(26,27)19-10-7-16(2)8-11-19/h6-11,14,25H,5,12-13,15H2,1-4H3,(H2,22,23,24). The van der Waals surface area contributed by atoms with E-state index in [0.717, 1.165) is 22.4 Å². The highest BCUT2D eigenvalue weighted by atomic mass is 32.2. The maximum absolute atomic E-state index is 12.3. The van der Waals surface area contributed by atoms with E-state index in [1.165, 1.54) is 0 Å². The summed E-state index contributed by atoms with van der Waals surface area (Å²) >= 11 is 0. The van der Waals surface area contributed by atoms with E-state index in [1.807, 2.05) is 39.0 Å². The Morgan fingerprint density at radius 2 is 1.69 bits per heavy atom. The molecule has 0 fully saturated rings. The third-order valence-electron chi connectivity index (χ3n) is 4.24. The number of hydrogen-bond acceptors (Lipinski definition) is 4. The molecule has 0 aliphatic carbocycles. The Kier molecular flexibility index (Phi) is 8.48. The van der Waals surface area contributed by atoms with E-state index in [-0.39, 0.29) is 11.4 Å². The van der Waals surface area contributed by atoms with Crippen LogP contribution in [-0.2, 0) is 16.6 Å². The molecular formula is C21H30N4O3S. The van der Waals surface area contributed by atoms with Gasteiger partial charge in [0, 0.05) is 25.2 Å². The molecule has 29 heavy (non-hydrogen) atoms. The second-order valence-corrected chi connectivity index (χ2v) is 8.42. The molecule has 158 valence electrons. The van der Waals surface area contributed by atoms with Gasteiger partial charge in [-0.1, -0.05) is 29.8 Å². The number of guanidine groups is 1. The fourth-order valence-corrected chi connectivity index (χ4v) is 3.69. The molecule has 2 aromatic rings. The van der Waals surface area contributed by atoms with E-state index in [9.17, 15) is 8.42 Å². The van der Waals surface area contributed by atoms with Crippen molar-refractivity contribution in [3.8, 4) is 5.75 Å². The minimum absolute atomic E-state index is 0.245. The lowest BCUT2D eigenvalue weighted by Gasteiger charge is -2.13. The van der Waals surface area contributed by atoms with Gasteiger partial charge < -0.3 is 15.4 Å². The summed E-state index contributed by atoms with van der Waals surface area (Å²) in [5, 5.41) is 6.30. The molecule has 3 N–H and O–H groups in total. The smallest absolute Gasteiger partial charge is 0.240 e. The molecule has 2 aromatic carbocycles. The summed E-state index contributed by atoms with van der Waals surface area (Å²) in [6.45, 7) is 7.71. The van der Waals surface area contributed by atoms with Crippen LogP contribution in [0.15, 0.2) is 52.4 Å². The predicted molar refractivity (Wildman–Crippen MR) is 117 cm³/mol. The number of ether oxygens (including phenoxy) is 1. The lowest BCUT2D eigenvalue weighted by Crippen LogP contribution is -2.41. The third-order valence-corrected chi connectivity index (χ3v) is 5.71. The zero-order chi connectivity index (χ0) is 21.3. The van der Waals surface area contributed by atoms with E-state index in [1.54, 1.807) is 31.4 Å². The molecule has 0 aliphatic rings. The van der Waals surface area contributed by atoms with Crippen molar-refractivity contribution in [3.05, 3.63) is 59.2 Å². The second kappa shape index (κ2) is 10.8. The minimum atomic E-state index is -3.52. The van der Waals surface area contributed by atoms with Crippen molar-refractivity contribution < 1.29 is 13.2 Å². The number of benzene rings is 2. The molecule has 0 radical (unpaired) electrons. The van der Waals surface area contributed by atoms with Crippen molar-refractivity contribution >= 4 is 16.0 Å². The molecule has 0 aliphatic heterocycles. The van der Waals surface area contributed by atoms with Crippen molar-refractivity contribution in [3.63, 3.8) is 0 Å². The van der Waals surface area contributed by atoms with Gasteiger partial charge in [-0.2, -0.15) is 0 Å². The van der Waals surface area contributed by atoms with E-state index >= 15 is 0 Å². The van der Waals surface area contributed by atoms with Crippen molar-refractivity contribution in [2.45, 2.75) is 32.2 Å². The largest absolute Gasteiger partial charge is 0.496 e. The number of methoxy groups -OCH3 is 1. The van der Waals surface area contributed by atoms with Crippen LogP contribution < -0.4 is 20.1 Å². The maximum atomic E-state index is 12.3. The van der Waals surface area contributed by atoms with Crippen LogP contribution in [0.2, 0.25) is 0 Å². The number of hydrogen-bond donors (Lipinski definition) is 3. The molecule has 0 amide bonds. The Morgan fingerprint density at radius 1 is 1.00 bits per heavy atom. The number of aryl methyl sites for hydroxylation is 2. The van der Waals surface area contributed by atoms with E-state index in [2.05, 4.69) is 20.3 Å². The number of nitrogens with zero attached hydrogens (tertiary/aromatic N) is 1. The Bertz CT molecular complexity index is 925. The summed E-state index contributed by atoms with van der Waals surface area (Å²) in [4.78, 5) is 4.82. The maximum Gasteiger partial charge on any atom is 0.240 e. The number of sulfonamides is 1. The first-order valence-corrected chi connectivity index (χ1v) is 11.1. The van der Waals surface area contributed by atoms with Crippen molar-refractivity contribution in [2.24, 2.45) is 4.99 Å². The van der Waals surface area contributed by atoms with Gasteiger partial charge in [-0.05, 0) is 44.5 Å². The number of nitrogens with one attached hydrogen (secondary N) is 3. The summed E-state index contributed by atoms with van der Waals surface area (Å²) in [5.74, 6) is 1.42. The van der Waals surface area contributed by atoms with Gasteiger partial charge in [0.15, 0.2) is 5.96 Å². The van der Waals surface area contributed by atoms with Gasteiger partial charge in [0.1, 0.15) is 5.75 Å². The van der Waals surface area contributed by atoms with Crippen LogP contribution in [0.3, 0.4) is 0 Å². The molecular weight excluding hydrogens is 388 g/mol. The molecule has 0 spiro atoms. The van der Waals surface area contributed by atoms with Crippen molar-refractivity contribution in [1.29, 1.82) is 0 Å². The van der Waals surface area contributed by atoms with Crippen molar-refractivity contribution in [2.75, 3.05) is 26.7 Å². The normalized spacial score (nSPS) is 11.9. The molecule has 0 saturated heterocycles. The van der Waals surface area contributed by atoms with Gasteiger partial charge in [-0.15, -0.1) is 0 Å². The molecule has 0 atom stereocenters. The summed E-state index contributed by atoms with van der Waals surface area (Å²) in [5.41, 5.74) is 3.12. The lowest BCUT2D eigenvalue weighted by molar-refractivity contribution is 0.409. The first-order valence-electron chi connectivity index (χ1n) is 9.57. The monoisotopic (exact) mass is 418 g/mol. The highest BCUT2D eigenvalue weighted by Crippen LogP contribution is 2.20. The molecule has 0 saturated carbocycles. The highest BCUT2D eigenvalue weighted by Gasteiger charge is 2.12. The Balaban J connectivity index is 1.92. The summed E-state index contributed by atoms with van der Waals surface area (Å²) in [6.07, 6.45) is 0. The first-order chi connectivity index (χ1) is 13.9. The van der Waals surface area contributed by atoms with Gasteiger partial charge in [0.25, 0.3) is 0 Å². The molecule has 8 heteroatoms. The third kappa shape index (κ3) is 7.07. The average molecular weight is 419 g/mol. The van der Waals surface area contributed by atoms with Crippen LogP contribution >= 0.6 is 0 Å². The van der Waals surface area contributed by atoms with Crippen LogP contribution in [0.4, 0.5) is 0 Å². The zero-order valence-corrected chi connectivity index (χ0v) is 18.3. The van der Waals surface area contributed by atoms with E-state index in [0.29, 0.717) is 25.6 Å². The quantitative estimate of drug-likeness (QED) is 0.330. The summed E-state index contributed by atoms with van der Waals surface area (Å²) < 4.78 is 32.7. The lowest BCUT2D eigenvalue weighted by atomic mass is 10.1. The van der Waals surface area contributed by atoms with Gasteiger partial charge >= 0.3 is 0 Å². The topological polar surface area (TPSA) is 91.8 Å². The van der Waals surface area contributed by atoms with Gasteiger partial charge in [-0.3, -0.25) is 0 Å². The average Bonchev–Trinajstić information content (AvgIpc) is 2.70. The van der Waals surface area contributed by atoms with E-state index in [4.69, 9.17) is 4.74 Å². The molecule has 0 heterocycles. The van der Waals surface area contributed by atoms with Gasteiger partial charge in [0.05, 0.1) is 18.6 Å². The van der Waals surface area contributed by atoms with Crippen LogP contribution in [0.25, 0.3) is 0 Å².